The summed E-state index contributed by atoms with van der Waals surface area (Å²) in [6.07, 6.45) is -3.05. The molecule has 0 unspecified atom stereocenters. The minimum Gasteiger partial charge on any atom is -0.349 e. The molecular weight excluding hydrogens is 457 g/mol. The lowest BCUT2D eigenvalue weighted by Gasteiger charge is -2.32. The van der Waals surface area contributed by atoms with Crippen LogP contribution in [0.3, 0.4) is 0 Å². The smallest absolute Gasteiger partial charge is 0.349 e. The van der Waals surface area contributed by atoms with Crippen LogP contribution in [-0.4, -0.2) is 48.4 Å². The molecule has 10 heteroatoms. The van der Waals surface area contributed by atoms with E-state index in [1.807, 2.05) is 24.3 Å². The fourth-order valence-electron chi connectivity index (χ4n) is 3.63. The number of rotatable bonds is 7. The Balaban J connectivity index is 1.44. The number of alkyl halides is 4. The van der Waals surface area contributed by atoms with Gasteiger partial charge in [-0.3, -0.25) is 9.69 Å². The molecule has 3 N–H and O–H groups in total. The van der Waals surface area contributed by atoms with Gasteiger partial charge in [-0.25, -0.2) is 4.79 Å². The molecule has 3 rings (SSSR count). The monoisotopic (exact) mass is 482 g/mol. The number of hydrogen-bond donors (Lipinski definition) is 3. The molecule has 6 nitrogen and oxygen atoms in total. The second-order valence-electron chi connectivity index (χ2n) is 7.87. The van der Waals surface area contributed by atoms with E-state index in [2.05, 4.69) is 20.9 Å². The van der Waals surface area contributed by atoms with Crippen molar-refractivity contribution in [1.29, 1.82) is 0 Å². The lowest BCUT2D eigenvalue weighted by atomic mass is 10.0. The Morgan fingerprint density at radius 1 is 1.06 bits per heavy atom. The van der Waals surface area contributed by atoms with Crippen molar-refractivity contribution in [2.24, 2.45) is 0 Å². The van der Waals surface area contributed by atoms with Crippen molar-refractivity contribution in [1.82, 2.24) is 15.5 Å². The van der Waals surface area contributed by atoms with Crippen LogP contribution in [0.2, 0.25) is 0 Å². The molecule has 1 aliphatic heterocycles. The number of urea groups is 1. The number of nitrogens with one attached hydrogen (secondary N) is 3. The summed E-state index contributed by atoms with van der Waals surface area (Å²) in [6.45, 7) is 2.64. The molecule has 0 radical (unpaired) electrons. The molecule has 1 saturated heterocycles. The van der Waals surface area contributed by atoms with Crippen molar-refractivity contribution in [3.63, 3.8) is 0 Å². The van der Waals surface area contributed by atoms with Gasteiger partial charge in [-0.1, -0.05) is 18.2 Å². The van der Waals surface area contributed by atoms with Crippen LogP contribution >= 0.6 is 11.6 Å². The van der Waals surface area contributed by atoms with Crippen LogP contribution in [0.5, 0.6) is 0 Å². The van der Waals surface area contributed by atoms with Gasteiger partial charge in [0.1, 0.15) is 0 Å². The second kappa shape index (κ2) is 11.4. The number of nitrogens with zero attached hydrogens (tertiary/aromatic N) is 1. The molecule has 1 fully saturated rings. The number of carbonyl (C=O) groups is 2. The molecule has 33 heavy (non-hydrogen) atoms. The second-order valence-corrected chi connectivity index (χ2v) is 8.25. The molecule has 178 valence electrons. The Kier molecular flexibility index (Phi) is 8.57. The van der Waals surface area contributed by atoms with Crippen LogP contribution in [0.1, 0.15) is 34.3 Å². The van der Waals surface area contributed by atoms with Gasteiger partial charge in [-0.15, -0.1) is 11.6 Å². The van der Waals surface area contributed by atoms with Gasteiger partial charge in [0, 0.05) is 49.4 Å². The van der Waals surface area contributed by atoms with E-state index in [0.717, 1.165) is 37.3 Å². The minimum atomic E-state index is -4.48. The van der Waals surface area contributed by atoms with E-state index >= 15 is 0 Å². The first-order chi connectivity index (χ1) is 15.7. The van der Waals surface area contributed by atoms with Crippen molar-refractivity contribution in [2.45, 2.75) is 31.6 Å². The molecule has 0 bridgehead atoms. The van der Waals surface area contributed by atoms with Gasteiger partial charge in [-0.2, -0.15) is 13.2 Å². The predicted molar refractivity (Wildman–Crippen MR) is 121 cm³/mol. The Hall–Kier alpha value is -2.78. The first-order valence-corrected chi connectivity index (χ1v) is 11.2. The van der Waals surface area contributed by atoms with E-state index in [4.69, 9.17) is 11.6 Å². The predicted octanol–water partition coefficient (Wildman–Crippen LogP) is 4.46. The summed E-state index contributed by atoms with van der Waals surface area (Å²) in [6, 6.07) is 11.6. The number of amides is 3. The molecule has 2 aromatic carbocycles. The molecule has 0 aliphatic carbocycles. The van der Waals surface area contributed by atoms with Crippen LogP contribution < -0.4 is 16.0 Å². The van der Waals surface area contributed by atoms with Crippen molar-refractivity contribution < 1.29 is 22.8 Å². The average Bonchev–Trinajstić information content (AvgIpc) is 2.80. The third-order valence-electron chi connectivity index (χ3n) is 5.37. The summed E-state index contributed by atoms with van der Waals surface area (Å²) in [5.74, 6) is -0.143. The minimum absolute atomic E-state index is 0.0114. The van der Waals surface area contributed by atoms with Gasteiger partial charge >= 0.3 is 12.2 Å². The average molecular weight is 483 g/mol. The normalized spacial score (nSPS) is 15.2. The molecule has 2 aromatic rings. The number of likely N-dealkylation sites (tertiary alicyclic amines) is 1. The van der Waals surface area contributed by atoms with Crippen molar-refractivity contribution in [3.8, 4) is 0 Å². The van der Waals surface area contributed by atoms with Gasteiger partial charge < -0.3 is 16.0 Å². The highest BCUT2D eigenvalue weighted by molar-refractivity contribution is 6.18. The van der Waals surface area contributed by atoms with Gasteiger partial charge in [0.25, 0.3) is 5.91 Å². The summed E-state index contributed by atoms with van der Waals surface area (Å²) < 4.78 is 38.6. The molecule has 1 heterocycles. The van der Waals surface area contributed by atoms with Crippen molar-refractivity contribution >= 4 is 29.2 Å². The zero-order valence-electron chi connectivity index (χ0n) is 17.9. The van der Waals surface area contributed by atoms with Gasteiger partial charge in [-0.05, 0) is 48.7 Å². The van der Waals surface area contributed by atoms with Crippen molar-refractivity contribution in [3.05, 3.63) is 65.2 Å². The van der Waals surface area contributed by atoms with Gasteiger partial charge in [0.2, 0.25) is 0 Å². The first kappa shape index (κ1) is 24.9. The number of piperidine rings is 1. The standard InChI is InChI=1S/C23H26ClF3N4O2/c24-10-11-28-22(33)30-19-6-4-16(5-7-19)15-31-12-8-20(9-13-31)29-21(32)17-2-1-3-18(14-17)23(25,26)27/h1-7,14,20H,8-13,15H2,(H,29,32)(H2,28,30,33). The van der Waals surface area contributed by atoms with Crippen molar-refractivity contribution in [2.75, 3.05) is 30.8 Å². The fourth-order valence-corrected chi connectivity index (χ4v) is 3.72. The van der Waals surface area contributed by atoms with Gasteiger partial charge in [0.15, 0.2) is 0 Å². The van der Waals surface area contributed by atoms with Crippen LogP contribution in [0.4, 0.5) is 23.7 Å². The van der Waals surface area contributed by atoms with E-state index in [9.17, 15) is 22.8 Å². The van der Waals surface area contributed by atoms with Crippen LogP contribution in [0.15, 0.2) is 48.5 Å². The zero-order chi connectivity index (χ0) is 23.8. The third-order valence-corrected chi connectivity index (χ3v) is 5.56. The quantitative estimate of drug-likeness (QED) is 0.510. The number of halogens is 4. The molecule has 0 aromatic heterocycles. The first-order valence-electron chi connectivity index (χ1n) is 10.6. The van der Waals surface area contributed by atoms with Crippen LogP contribution in [0.25, 0.3) is 0 Å². The topological polar surface area (TPSA) is 73.5 Å². The third kappa shape index (κ3) is 7.64. The SMILES string of the molecule is O=C(NCCCl)Nc1ccc(CN2CCC(NC(=O)c3cccc(C(F)(F)F)c3)CC2)cc1. The Labute approximate surface area is 195 Å². The lowest BCUT2D eigenvalue weighted by Crippen LogP contribution is -2.44. The number of benzene rings is 2. The maximum Gasteiger partial charge on any atom is 0.416 e. The molecule has 0 spiro atoms. The molecule has 0 atom stereocenters. The van der Waals surface area contributed by atoms with Gasteiger partial charge in [0.05, 0.1) is 5.56 Å². The van der Waals surface area contributed by atoms with E-state index in [-0.39, 0.29) is 17.6 Å². The highest BCUT2D eigenvalue weighted by atomic mass is 35.5. The highest BCUT2D eigenvalue weighted by Crippen LogP contribution is 2.29. The highest BCUT2D eigenvalue weighted by Gasteiger charge is 2.31. The molecular formula is C23H26ClF3N4O2. The van der Waals surface area contributed by atoms with E-state index in [1.165, 1.54) is 12.1 Å². The largest absolute Gasteiger partial charge is 0.416 e. The molecule has 1 aliphatic rings. The van der Waals surface area contributed by atoms with Crippen LogP contribution in [-0.2, 0) is 12.7 Å². The lowest BCUT2D eigenvalue weighted by molar-refractivity contribution is -0.137. The molecule has 3 amide bonds. The molecule has 0 saturated carbocycles. The van der Waals surface area contributed by atoms with E-state index in [0.29, 0.717) is 31.0 Å². The van der Waals surface area contributed by atoms with Crippen LogP contribution in [0, 0.1) is 0 Å². The Bertz CT molecular complexity index is 945. The number of anilines is 1. The number of carbonyl (C=O) groups excluding carboxylic acids is 2. The maximum atomic E-state index is 12.9. The fraction of sp³-hybridized carbons (Fsp3) is 0.391. The van der Waals surface area contributed by atoms with E-state index in [1.54, 1.807) is 0 Å². The number of hydrogen-bond acceptors (Lipinski definition) is 3. The summed E-state index contributed by atoms with van der Waals surface area (Å²) >= 11 is 5.54. The maximum absolute atomic E-state index is 12.9. The van der Waals surface area contributed by atoms with E-state index < -0.39 is 17.6 Å². The Morgan fingerprint density at radius 2 is 1.76 bits per heavy atom. The zero-order valence-corrected chi connectivity index (χ0v) is 18.7. The Morgan fingerprint density at radius 3 is 2.39 bits per heavy atom. The summed E-state index contributed by atoms with van der Waals surface area (Å²) in [5.41, 5.74) is 0.953. The summed E-state index contributed by atoms with van der Waals surface area (Å²) in [4.78, 5) is 26.3. The summed E-state index contributed by atoms with van der Waals surface area (Å²) in [7, 11) is 0. The summed E-state index contributed by atoms with van der Waals surface area (Å²) in [5, 5.41) is 8.21.